The lowest BCUT2D eigenvalue weighted by Crippen LogP contribution is -2.58. The van der Waals surface area contributed by atoms with Crippen molar-refractivity contribution in [2.75, 3.05) is 25.0 Å². The number of carbonyl (C=O) groups excluding carboxylic acids is 2. The molecule has 1 heterocycles. The van der Waals surface area contributed by atoms with Crippen LogP contribution in [0.25, 0.3) is 0 Å². The van der Waals surface area contributed by atoms with Crippen LogP contribution >= 0.6 is 11.6 Å². The molecule has 1 aromatic carbocycles. The van der Waals surface area contributed by atoms with Crippen LogP contribution in [0.5, 0.6) is 5.75 Å². The average Bonchev–Trinajstić information content (AvgIpc) is 2.56. The number of ether oxygens (including phenoxy) is 1. The van der Waals surface area contributed by atoms with E-state index < -0.39 is 6.04 Å². The van der Waals surface area contributed by atoms with Crippen LogP contribution in [-0.2, 0) is 9.59 Å². The Morgan fingerprint density at radius 2 is 2.24 bits per heavy atom. The summed E-state index contributed by atoms with van der Waals surface area (Å²) in [7, 11) is 0. The Kier molecular flexibility index (Phi) is 7.08. The molecule has 7 heteroatoms. The SMILES string of the molecule is CCCOc1c(Cl)cccc1NC(=O)CC1C(=O)NCCN1C(C)C. The fourth-order valence-electron chi connectivity index (χ4n) is 2.90. The van der Waals surface area contributed by atoms with Crippen molar-refractivity contribution in [3.63, 3.8) is 0 Å². The molecule has 0 spiro atoms. The van der Waals surface area contributed by atoms with Crippen LogP contribution in [-0.4, -0.2) is 48.5 Å². The van der Waals surface area contributed by atoms with Gasteiger partial charge in [0.1, 0.15) is 0 Å². The minimum atomic E-state index is -0.465. The zero-order chi connectivity index (χ0) is 18.4. The summed E-state index contributed by atoms with van der Waals surface area (Å²) < 4.78 is 5.65. The highest BCUT2D eigenvalue weighted by molar-refractivity contribution is 6.32. The molecule has 0 saturated carbocycles. The highest BCUT2D eigenvalue weighted by Gasteiger charge is 2.33. The molecule has 2 amide bonds. The predicted molar refractivity (Wildman–Crippen MR) is 99.1 cm³/mol. The lowest BCUT2D eigenvalue weighted by atomic mass is 10.1. The second-order valence-electron chi connectivity index (χ2n) is 6.36. The number of anilines is 1. The second kappa shape index (κ2) is 9.06. The minimum Gasteiger partial charge on any atom is -0.490 e. The molecular weight excluding hydrogens is 342 g/mol. The van der Waals surface area contributed by atoms with Gasteiger partial charge in [-0.25, -0.2) is 0 Å². The maximum atomic E-state index is 12.5. The largest absolute Gasteiger partial charge is 0.490 e. The van der Waals surface area contributed by atoms with Gasteiger partial charge in [-0.2, -0.15) is 0 Å². The van der Waals surface area contributed by atoms with E-state index in [0.29, 0.717) is 29.6 Å². The van der Waals surface area contributed by atoms with Gasteiger partial charge < -0.3 is 15.4 Å². The highest BCUT2D eigenvalue weighted by Crippen LogP contribution is 2.33. The number of nitrogens with zero attached hydrogens (tertiary/aromatic N) is 1. The Hall–Kier alpha value is -1.79. The highest BCUT2D eigenvalue weighted by atomic mass is 35.5. The zero-order valence-electron chi connectivity index (χ0n) is 15.0. The molecule has 1 aliphatic heterocycles. The van der Waals surface area contributed by atoms with Gasteiger partial charge in [0.15, 0.2) is 5.75 Å². The van der Waals surface area contributed by atoms with Crippen molar-refractivity contribution < 1.29 is 14.3 Å². The first kappa shape index (κ1) is 19.5. The number of halogens is 1. The number of amides is 2. The average molecular weight is 368 g/mol. The molecule has 1 unspecified atom stereocenters. The molecule has 6 nitrogen and oxygen atoms in total. The molecule has 0 aliphatic carbocycles. The van der Waals surface area contributed by atoms with E-state index in [0.717, 1.165) is 13.0 Å². The lowest BCUT2D eigenvalue weighted by Gasteiger charge is -2.37. The Balaban J connectivity index is 2.09. The van der Waals surface area contributed by atoms with E-state index in [9.17, 15) is 9.59 Å². The Morgan fingerprint density at radius 3 is 2.92 bits per heavy atom. The number of carbonyl (C=O) groups is 2. The molecule has 0 radical (unpaired) electrons. The Labute approximate surface area is 153 Å². The maximum Gasteiger partial charge on any atom is 0.237 e. The van der Waals surface area contributed by atoms with Gasteiger partial charge in [-0.1, -0.05) is 24.6 Å². The van der Waals surface area contributed by atoms with E-state index in [1.54, 1.807) is 18.2 Å². The van der Waals surface area contributed by atoms with Gasteiger partial charge in [0.05, 0.1) is 29.8 Å². The summed E-state index contributed by atoms with van der Waals surface area (Å²) in [5, 5.41) is 6.11. The van der Waals surface area contributed by atoms with Gasteiger partial charge in [0, 0.05) is 19.1 Å². The van der Waals surface area contributed by atoms with Crippen LogP contribution in [0, 0.1) is 0 Å². The first-order valence-electron chi connectivity index (χ1n) is 8.68. The van der Waals surface area contributed by atoms with Gasteiger partial charge in [-0.3, -0.25) is 14.5 Å². The Bertz CT molecular complexity index is 622. The molecule has 1 fully saturated rings. The van der Waals surface area contributed by atoms with Crippen molar-refractivity contribution in [2.45, 2.75) is 45.7 Å². The van der Waals surface area contributed by atoms with Crippen LogP contribution in [0.4, 0.5) is 5.69 Å². The molecule has 2 N–H and O–H groups in total. The molecular formula is C18H26ClN3O3. The third-order valence-electron chi connectivity index (χ3n) is 4.11. The number of benzene rings is 1. The summed E-state index contributed by atoms with van der Waals surface area (Å²) in [6.07, 6.45) is 0.925. The molecule has 1 saturated heterocycles. The third-order valence-corrected chi connectivity index (χ3v) is 4.40. The molecule has 0 aromatic heterocycles. The quantitative estimate of drug-likeness (QED) is 0.777. The molecule has 0 bridgehead atoms. The van der Waals surface area contributed by atoms with E-state index in [-0.39, 0.29) is 24.3 Å². The van der Waals surface area contributed by atoms with Crippen LogP contribution in [0.15, 0.2) is 18.2 Å². The number of rotatable bonds is 7. The van der Waals surface area contributed by atoms with Crippen molar-refractivity contribution in [1.82, 2.24) is 10.2 Å². The summed E-state index contributed by atoms with van der Waals surface area (Å²) in [5.41, 5.74) is 0.526. The van der Waals surface area contributed by atoms with Gasteiger partial charge in [0.2, 0.25) is 11.8 Å². The van der Waals surface area contributed by atoms with Crippen LogP contribution < -0.4 is 15.4 Å². The van der Waals surface area contributed by atoms with Crippen LogP contribution in [0.2, 0.25) is 5.02 Å². The van der Waals surface area contributed by atoms with Gasteiger partial charge >= 0.3 is 0 Å². The van der Waals surface area contributed by atoms with E-state index in [4.69, 9.17) is 16.3 Å². The van der Waals surface area contributed by atoms with Crippen molar-refractivity contribution in [3.05, 3.63) is 23.2 Å². The van der Waals surface area contributed by atoms with Gasteiger partial charge in [-0.15, -0.1) is 0 Å². The second-order valence-corrected chi connectivity index (χ2v) is 6.76. The van der Waals surface area contributed by atoms with Crippen LogP contribution in [0.3, 0.4) is 0 Å². The van der Waals surface area contributed by atoms with E-state index in [1.165, 1.54) is 0 Å². The fraction of sp³-hybridized carbons (Fsp3) is 0.556. The summed E-state index contributed by atoms with van der Waals surface area (Å²) in [4.78, 5) is 26.7. The lowest BCUT2D eigenvalue weighted by molar-refractivity contribution is -0.133. The number of piperazine rings is 1. The standard InChI is InChI=1S/C18H26ClN3O3/c1-4-10-25-17-13(19)6-5-7-14(17)21-16(23)11-15-18(24)20-8-9-22(15)12(2)3/h5-7,12,15H,4,8-11H2,1-3H3,(H,20,24)(H,21,23). The molecule has 1 atom stereocenters. The smallest absolute Gasteiger partial charge is 0.237 e. The normalized spacial score (nSPS) is 18.1. The predicted octanol–water partition coefficient (Wildman–Crippen LogP) is 2.67. The molecule has 25 heavy (non-hydrogen) atoms. The van der Waals surface area contributed by atoms with Crippen molar-refractivity contribution in [2.24, 2.45) is 0 Å². The zero-order valence-corrected chi connectivity index (χ0v) is 15.7. The third kappa shape index (κ3) is 5.09. The van der Waals surface area contributed by atoms with Gasteiger partial charge in [-0.05, 0) is 32.4 Å². The summed E-state index contributed by atoms with van der Waals surface area (Å²) in [6.45, 7) is 7.91. The maximum absolute atomic E-state index is 12.5. The summed E-state index contributed by atoms with van der Waals surface area (Å²) in [5.74, 6) is 0.119. The Morgan fingerprint density at radius 1 is 1.48 bits per heavy atom. The number of hydrogen-bond donors (Lipinski definition) is 2. The number of nitrogens with one attached hydrogen (secondary N) is 2. The number of hydrogen-bond acceptors (Lipinski definition) is 4. The summed E-state index contributed by atoms with van der Waals surface area (Å²) in [6, 6.07) is 4.95. The monoisotopic (exact) mass is 367 g/mol. The van der Waals surface area contributed by atoms with E-state index in [1.807, 2.05) is 25.7 Å². The minimum absolute atomic E-state index is 0.0870. The van der Waals surface area contributed by atoms with Crippen LogP contribution in [0.1, 0.15) is 33.6 Å². The van der Waals surface area contributed by atoms with E-state index >= 15 is 0 Å². The molecule has 1 aromatic rings. The fourth-order valence-corrected chi connectivity index (χ4v) is 3.12. The van der Waals surface area contributed by atoms with Gasteiger partial charge in [0.25, 0.3) is 0 Å². The van der Waals surface area contributed by atoms with Crippen molar-refractivity contribution in [1.29, 1.82) is 0 Å². The first-order valence-corrected chi connectivity index (χ1v) is 9.06. The molecule has 2 rings (SSSR count). The topological polar surface area (TPSA) is 70.7 Å². The number of para-hydroxylation sites is 1. The van der Waals surface area contributed by atoms with Crippen molar-refractivity contribution >= 4 is 29.1 Å². The molecule has 138 valence electrons. The summed E-state index contributed by atoms with van der Waals surface area (Å²) >= 11 is 6.18. The van der Waals surface area contributed by atoms with E-state index in [2.05, 4.69) is 10.6 Å². The molecule has 1 aliphatic rings. The first-order chi connectivity index (χ1) is 11.9. The van der Waals surface area contributed by atoms with Crippen molar-refractivity contribution in [3.8, 4) is 5.75 Å².